The fraction of sp³-hybridized carbons (Fsp3) is 0.0588. The zero-order valence-corrected chi connectivity index (χ0v) is 12.3. The number of aromatic nitrogens is 3. The van der Waals surface area contributed by atoms with Crippen LogP contribution in [0.3, 0.4) is 0 Å². The number of nitro benzene ring substituents is 1. The summed E-state index contributed by atoms with van der Waals surface area (Å²) in [6.07, 6.45) is 5.20. The van der Waals surface area contributed by atoms with Gasteiger partial charge < -0.3 is 4.57 Å². The summed E-state index contributed by atoms with van der Waals surface area (Å²) >= 11 is 0. The molecule has 0 atom stereocenters. The molecular formula is C17H12N4O2. The average Bonchev–Trinajstić information content (AvgIpc) is 2.96. The molecule has 23 heavy (non-hydrogen) atoms. The van der Waals surface area contributed by atoms with E-state index < -0.39 is 0 Å². The van der Waals surface area contributed by atoms with Gasteiger partial charge in [0.05, 0.1) is 21.5 Å². The Morgan fingerprint density at radius 3 is 2.78 bits per heavy atom. The van der Waals surface area contributed by atoms with Crippen LogP contribution in [0.15, 0.2) is 55.1 Å². The molecule has 0 aliphatic carbocycles. The van der Waals surface area contributed by atoms with Crippen molar-refractivity contribution in [2.75, 3.05) is 0 Å². The Bertz CT molecular complexity index is 1070. The topological polar surface area (TPSA) is 73.8 Å². The molecule has 4 rings (SSSR count). The number of rotatable bonds is 2. The van der Waals surface area contributed by atoms with E-state index in [9.17, 15) is 10.1 Å². The van der Waals surface area contributed by atoms with Gasteiger partial charge in [0.25, 0.3) is 5.69 Å². The van der Waals surface area contributed by atoms with Crippen LogP contribution in [0.5, 0.6) is 0 Å². The summed E-state index contributed by atoms with van der Waals surface area (Å²) in [7, 11) is 1.93. The number of nitrogens with zero attached hydrogens (tertiary/aromatic N) is 4. The minimum Gasteiger partial charge on any atom is -0.350 e. The van der Waals surface area contributed by atoms with Crippen LogP contribution in [-0.4, -0.2) is 19.5 Å². The molecule has 0 spiro atoms. The summed E-state index contributed by atoms with van der Waals surface area (Å²) in [5.41, 5.74) is 3.17. The molecule has 0 aliphatic heterocycles. The first-order chi connectivity index (χ1) is 11.2. The van der Waals surface area contributed by atoms with Gasteiger partial charge in [-0.3, -0.25) is 10.1 Å². The highest BCUT2D eigenvalue weighted by molar-refractivity contribution is 6.12. The number of hydrogen-bond acceptors (Lipinski definition) is 4. The summed E-state index contributed by atoms with van der Waals surface area (Å²) in [5.74, 6) is 0. The Labute approximate surface area is 131 Å². The molecule has 0 bridgehead atoms. The van der Waals surface area contributed by atoms with Crippen molar-refractivity contribution in [3.63, 3.8) is 0 Å². The van der Waals surface area contributed by atoms with Crippen molar-refractivity contribution in [1.29, 1.82) is 0 Å². The molecule has 0 aliphatic rings. The Balaban J connectivity index is 2.18. The molecule has 0 saturated heterocycles. The van der Waals surface area contributed by atoms with Crippen molar-refractivity contribution in [3.05, 3.63) is 65.2 Å². The predicted octanol–water partition coefficient (Wildman–Crippen LogP) is 3.70. The Kier molecular flexibility index (Phi) is 2.84. The van der Waals surface area contributed by atoms with E-state index in [1.165, 1.54) is 12.4 Å². The third-order valence-electron chi connectivity index (χ3n) is 4.03. The Morgan fingerprint density at radius 2 is 1.96 bits per heavy atom. The van der Waals surface area contributed by atoms with Crippen molar-refractivity contribution >= 4 is 27.5 Å². The van der Waals surface area contributed by atoms with Crippen LogP contribution >= 0.6 is 0 Å². The van der Waals surface area contributed by atoms with Gasteiger partial charge in [-0.05, 0) is 18.2 Å². The van der Waals surface area contributed by atoms with Gasteiger partial charge in [-0.2, -0.15) is 0 Å². The second-order valence-corrected chi connectivity index (χ2v) is 5.34. The fourth-order valence-corrected chi connectivity index (χ4v) is 3.01. The van der Waals surface area contributed by atoms with E-state index >= 15 is 0 Å². The molecule has 2 aromatic carbocycles. The van der Waals surface area contributed by atoms with Crippen LogP contribution in [0.1, 0.15) is 0 Å². The van der Waals surface area contributed by atoms with Crippen LogP contribution in [-0.2, 0) is 7.05 Å². The molecule has 0 fully saturated rings. The van der Waals surface area contributed by atoms with Gasteiger partial charge in [-0.1, -0.05) is 12.1 Å². The lowest BCUT2D eigenvalue weighted by atomic mass is 9.99. The van der Waals surface area contributed by atoms with Gasteiger partial charge in [0.15, 0.2) is 0 Å². The number of fused-ring (bicyclic) bond motifs is 3. The fourth-order valence-electron chi connectivity index (χ4n) is 3.01. The second-order valence-electron chi connectivity index (χ2n) is 5.34. The molecule has 4 aromatic rings. The molecule has 6 heteroatoms. The molecular weight excluding hydrogens is 292 g/mol. The Morgan fingerprint density at radius 1 is 1.13 bits per heavy atom. The van der Waals surface area contributed by atoms with Gasteiger partial charge in [0.1, 0.15) is 6.33 Å². The van der Waals surface area contributed by atoms with Crippen molar-refractivity contribution in [1.82, 2.24) is 14.5 Å². The van der Waals surface area contributed by atoms with E-state index in [1.54, 1.807) is 24.4 Å². The summed E-state index contributed by atoms with van der Waals surface area (Å²) < 4.78 is 1.97. The van der Waals surface area contributed by atoms with E-state index in [0.29, 0.717) is 5.56 Å². The van der Waals surface area contributed by atoms with Gasteiger partial charge in [0, 0.05) is 41.8 Å². The normalized spacial score (nSPS) is 11.2. The quantitative estimate of drug-likeness (QED) is 0.418. The van der Waals surface area contributed by atoms with Gasteiger partial charge in [-0.25, -0.2) is 9.97 Å². The van der Waals surface area contributed by atoms with Crippen molar-refractivity contribution in [2.24, 2.45) is 7.05 Å². The zero-order valence-electron chi connectivity index (χ0n) is 12.3. The van der Waals surface area contributed by atoms with E-state index in [1.807, 2.05) is 29.9 Å². The second kappa shape index (κ2) is 4.88. The van der Waals surface area contributed by atoms with Crippen LogP contribution in [0.4, 0.5) is 5.69 Å². The molecule has 2 heterocycles. The molecule has 2 aromatic heterocycles. The predicted molar refractivity (Wildman–Crippen MR) is 88.1 cm³/mol. The number of aryl methyl sites for hydroxylation is 1. The number of nitro groups is 1. The van der Waals surface area contributed by atoms with Crippen LogP contribution in [0, 0.1) is 10.1 Å². The molecule has 0 amide bonds. The third-order valence-corrected chi connectivity index (χ3v) is 4.03. The van der Waals surface area contributed by atoms with Crippen LogP contribution in [0.2, 0.25) is 0 Å². The van der Waals surface area contributed by atoms with Gasteiger partial charge in [0.2, 0.25) is 0 Å². The molecule has 0 radical (unpaired) electrons. The van der Waals surface area contributed by atoms with E-state index in [0.717, 1.165) is 27.4 Å². The molecule has 0 N–H and O–H groups in total. The smallest absolute Gasteiger partial charge is 0.277 e. The maximum Gasteiger partial charge on any atom is 0.277 e. The number of benzene rings is 2. The van der Waals surface area contributed by atoms with E-state index in [2.05, 4.69) is 9.97 Å². The maximum atomic E-state index is 11.4. The van der Waals surface area contributed by atoms with Gasteiger partial charge in [-0.15, -0.1) is 0 Å². The lowest BCUT2D eigenvalue weighted by Gasteiger charge is -2.09. The third kappa shape index (κ3) is 1.96. The van der Waals surface area contributed by atoms with Crippen molar-refractivity contribution < 1.29 is 4.92 Å². The van der Waals surface area contributed by atoms with Crippen molar-refractivity contribution in [2.45, 2.75) is 0 Å². The first-order valence-electron chi connectivity index (χ1n) is 7.08. The van der Waals surface area contributed by atoms with Crippen LogP contribution < -0.4 is 0 Å². The molecule has 0 unspecified atom stereocenters. The highest BCUT2D eigenvalue weighted by Gasteiger charge is 2.19. The molecule has 112 valence electrons. The number of para-hydroxylation sites is 1. The first-order valence-corrected chi connectivity index (χ1v) is 7.08. The van der Waals surface area contributed by atoms with Crippen LogP contribution in [0.25, 0.3) is 32.9 Å². The van der Waals surface area contributed by atoms with E-state index in [4.69, 9.17) is 0 Å². The molecule has 0 saturated carbocycles. The lowest BCUT2D eigenvalue weighted by molar-refractivity contribution is -0.384. The molecule has 6 nitrogen and oxygen atoms in total. The summed E-state index contributed by atoms with van der Waals surface area (Å²) in [6, 6.07) is 10.6. The standard InChI is InChI=1S/C17H12N4O2/c1-20-7-6-12-14-9-18-10-19-15(14)8-13(17(12)20)11-4-2-3-5-16(11)21(22)23/h2-10H,1H3. The number of hydrogen-bond donors (Lipinski definition) is 0. The minimum atomic E-state index is -0.353. The summed E-state index contributed by atoms with van der Waals surface area (Å²) in [4.78, 5) is 19.4. The summed E-state index contributed by atoms with van der Waals surface area (Å²) in [5, 5.41) is 13.3. The largest absolute Gasteiger partial charge is 0.350 e. The first kappa shape index (κ1) is 13.4. The van der Waals surface area contributed by atoms with E-state index in [-0.39, 0.29) is 10.6 Å². The van der Waals surface area contributed by atoms with Gasteiger partial charge >= 0.3 is 0 Å². The SMILES string of the molecule is Cn1ccc2c3cncnc3cc(-c3ccccc3[N+](=O)[O-])c21. The van der Waals surface area contributed by atoms with Crippen molar-refractivity contribution in [3.8, 4) is 11.1 Å². The maximum absolute atomic E-state index is 11.4. The highest BCUT2D eigenvalue weighted by atomic mass is 16.6. The Hall–Kier alpha value is -3.28. The minimum absolute atomic E-state index is 0.0865. The zero-order chi connectivity index (χ0) is 16.0. The lowest BCUT2D eigenvalue weighted by Crippen LogP contribution is -1.95. The monoisotopic (exact) mass is 304 g/mol. The summed E-state index contributed by atoms with van der Waals surface area (Å²) in [6.45, 7) is 0. The highest BCUT2D eigenvalue weighted by Crippen LogP contribution is 2.38. The average molecular weight is 304 g/mol.